The van der Waals surface area contributed by atoms with Crippen LogP contribution in [-0.2, 0) is 10.0 Å². The molecule has 2 rings (SSSR count). The summed E-state index contributed by atoms with van der Waals surface area (Å²) < 4.78 is 51.9. The van der Waals surface area contributed by atoms with E-state index < -0.39 is 33.2 Å². The van der Waals surface area contributed by atoms with Crippen LogP contribution in [0.5, 0.6) is 0 Å². The average molecular weight is 313 g/mol. The van der Waals surface area contributed by atoms with Gasteiger partial charge >= 0.3 is 5.97 Å². The molecule has 0 aromatic heterocycles. The molecule has 2 aromatic rings. The zero-order chi connectivity index (χ0) is 15.6. The molecule has 21 heavy (non-hydrogen) atoms. The van der Waals surface area contributed by atoms with Crippen LogP contribution in [0, 0.1) is 11.6 Å². The van der Waals surface area contributed by atoms with Crippen LogP contribution in [-0.4, -0.2) is 19.5 Å². The molecule has 2 aromatic carbocycles. The molecule has 0 aliphatic heterocycles. The number of nitrogens with one attached hydrogen (secondary N) is 1. The van der Waals surface area contributed by atoms with Crippen LogP contribution in [0.4, 0.5) is 14.5 Å². The van der Waals surface area contributed by atoms with Crippen LogP contribution >= 0.6 is 0 Å². The Balaban J connectivity index is 2.41. The third-order valence-corrected chi connectivity index (χ3v) is 3.96. The van der Waals surface area contributed by atoms with Gasteiger partial charge in [-0.1, -0.05) is 0 Å². The number of sulfonamides is 1. The molecule has 0 unspecified atom stereocenters. The highest BCUT2D eigenvalue weighted by atomic mass is 32.2. The number of aromatic carboxylic acids is 1. The second-order valence-electron chi connectivity index (χ2n) is 4.05. The van der Waals surface area contributed by atoms with Gasteiger partial charge in [-0.25, -0.2) is 22.0 Å². The Bertz CT molecular complexity index is 788. The quantitative estimate of drug-likeness (QED) is 0.908. The lowest BCUT2D eigenvalue weighted by Gasteiger charge is -2.10. The van der Waals surface area contributed by atoms with Crippen LogP contribution in [0.15, 0.2) is 47.4 Å². The van der Waals surface area contributed by atoms with E-state index in [0.717, 1.165) is 36.4 Å². The van der Waals surface area contributed by atoms with E-state index in [1.54, 1.807) is 0 Å². The minimum absolute atomic E-state index is 0.246. The van der Waals surface area contributed by atoms with Crippen molar-refractivity contribution in [2.75, 3.05) is 4.72 Å². The van der Waals surface area contributed by atoms with Crippen molar-refractivity contribution in [3.63, 3.8) is 0 Å². The Morgan fingerprint density at radius 1 is 1.00 bits per heavy atom. The van der Waals surface area contributed by atoms with Gasteiger partial charge in [-0.15, -0.1) is 0 Å². The largest absolute Gasteiger partial charge is 0.478 e. The first-order valence-corrected chi connectivity index (χ1v) is 7.09. The third-order valence-electron chi connectivity index (χ3n) is 2.58. The highest BCUT2D eigenvalue weighted by molar-refractivity contribution is 7.92. The Morgan fingerprint density at radius 3 is 2.14 bits per heavy atom. The number of hydrogen-bond donors (Lipinski definition) is 2. The number of carboxylic acids is 1. The van der Waals surface area contributed by atoms with Gasteiger partial charge in [0.25, 0.3) is 10.0 Å². The van der Waals surface area contributed by atoms with Crippen molar-refractivity contribution in [1.29, 1.82) is 0 Å². The van der Waals surface area contributed by atoms with Crippen molar-refractivity contribution in [1.82, 2.24) is 0 Å². The fraction of sp³-hybridized carbons (Fsp3) is 0. The minimum atomic E-state index is -4.10. The lowest BCUT2D eigenvalue weighted by Crippen LogP contribution is -2.15. The average Bonchev–Trinajstić information content (AvgIpc) is 2.41. The molecule has 0 bridgehead atoms. The van der Waals surface area contributed by atoms with Crippen molar-refractivity contribution in [2.45, 2.75) is 4.90 Å². The summed E-state index contributed by atoms with van der Waals surface area (Å²) in [6, 6.07) is 6.59. The van der Waals surface area contributed by atoms with Gasteiger partial charge in [-0.05, 0) is 42.5 Å². The lowest BCUT2D eigenvalue weighted by atomic mass is 10.2. The zero-order valence-electron chi connectivity index (χ0n) is 10.4. The first kappa shape index (κ1) is 14.9. The molecule has 0 saturated carbocycles. The van der Waals surface area contributed by atoms with Crippen LogP contribution in [0.1, 0.15) is 10.4 Å². The molecule has 0 amide bonds. The number of benzene rings is 2. The molecule has 0 aliphatic rings. The molecule has 8 heteroatoms. The van der Waals surface area contributed by atoms with E-state index in [0.29, 0.717) is 6.07 Å². The number of carboxylic acid groups (broad SMARTS) is 1. The summed E-state index contributed by atoms with van der Waals surface area (Å²) in [6.45, 7) is 0. The molecule has 2 N–H and O–H groups in total. The first-order chi connectivity index (χ1) is 9.79. The molecular weight excluding hydrogens is 304 g/mol. The molecule has 0 spiro atoms. The fourth-order valence-corrected chi connectivity index (χ4v) is 2.68. The Kier molecular flexibility index (Phi) is 3.90. The van der Waals surface area contributed by atoms with Gasteiger partial charge in [-0.2, -0.15) is 0 Å². The van der Waals surface area contributed by atoms with Gasteiger partial charge in [0, 0.05) is 0 Å². The Morgan fingerprint density at radius 2 is 1.57 bits per heavy atom. The summed E-state index contributed by atoms with van der Waals surface area (Å²) in [7, 11) is -4.10. The number of hydrogen-bond acceptors (Lipinski definition) is 3. The van der Waals surface area contributed by atoms with Crippen LogP contribution in [0.25, 0.3) is 0 Å². The molecule has 0 fully saturated rings. The van der Waals surface area contributed by atoms with Crippen molar-refractivity contribution in [3.05, 3.63) is 59.7 Å². The second kappa shape index (κ2) is 5.49. The Hall–Kier alpha value is -2.48. The summed E-state index contributed by atoms with van der Waals surface area (Å²) in [5.74, 6) is -2.90. The van der Waals surface area contributed by atoms with Crippen molar-refractivity contribution < 1.29 is 27.1 Å². The number of carbonyl (C=O) groups is 1. The van der Waals surface area contributed by atoms with Crippen molar-refractivity contribution >= 4 is 21.7 Å². The normalized spacial score (nSPS) is 11.1. The van der Waals surface area contributed by atoms with Crippen LogP contribution < -0.4 is 4.72 Å². The predicted octanol–water partition coefficient (Wildman–Crippen LogP) is 2.46. The van der Waals surface area contributed by atoms with Crippen LogP contribution in [0.2, 0.25) is 0 Å². The molecule has 0 atom stereocenters. The number of anilines is 1. The standard InChI is InChI=1S/C13H9F2NO4S/c14-8-1-4-10(5-2-8)21(19,20)16-12-6-3-9(15)7-11(12)13(17)18/h1-7,16H,(H,17,18). The van der Waals surface area contributed by atoms with Gasteiger partial charge in [0.2, 0.25) is 0 Å². The number of halogens is 2. The van der Waals surface area contributed by atoms with E-state index in [1.165, 1.54) is 0 Å². The van der Waals surface area contributed by atoms with Gasteiger partial charge < -0.3 is 5.11 Å². The highest BCUT2D eigenvalue weighted by Gasteiger charge is 2.19. The minimum Gasteiger partial charge on any atom is -0.478 e. The maximum Gasteiger partial charge on any atom is 0.337 e. The molecule has 0 heterocycles. The van der Waals surface area contributed by atoms with Gasteiger partial charge in [-0.3, -0.25) is 4.72 Å². The van der Waals surface area contributed by atoms with E-state index in [9.17, 15) is 22.0 Å². The first-order valence-electron chi connectivity index (χ1n) is 5.61. The summed E-state index contributed by atoms with van der Waals surface area (Å²) in [5, 5.41) is 8.94. The SMILES string of the molecule is O=C(O)c1cc(F)ccc1NS(=O)(=O)c1ccc(F)cc1. The summed E-state index contributed by atoms with van der Waals surface area (Å²) in [5.41, 5.74) is -0.811. The second-order valence-corrected chi connectivity index (χ2v) is 5.74. The van der Waals surface area contributed by atoms with E-state index in [1.807, 2.05) is 4.72 Å². The fourth-order valence-electron chi connectivity index (χ4n) is 1.60. The van der Waals surface area contributed by atoms with Gasteiger partial charge in [0.1, 0.15) is 11.6 Å². The van der Waals surface area contributed by atoms with E-state index in [4.69, 9.17) is 5.11 Å². The van der Waals surface area contributed by atoms with E-state index in [2.05, 4.69) is 0 Å². The van der Waals surface area contributed by atoms with Gasteiger partial charge in [0.05, 0.1) is 16.1 Å². The van der Waals surface area contributed by atoms with Crippen LogP contribution in [0.3, 0.4) is 0 Å². The van der Waals surface area contributed by atoms with E-state index in [-0.39, 0.29) is 10.6 Å². The summed E-state index contributed by atoms with van der Waals surface area (Å²) >= 11 is 0. The van der Waals surface area contributed by atoms with Gasteiger partial charge in [0.15, 0.2) is 0 Å². The lowest BCUT2D eigenvalue weighted by molar-refractivity contribution is 0.0697. The maximum absolute atomic E-state index is 13.0. The maximum atomic E-state index is 13.0. The summed E-state index contributed by atoms with van der Waals surface area (Å²) in [4.78, 5) is 10.7. The smallest absolute Gasteiger partial charge is 0.337 e. The Labute approximate surface area is 118 Å². The van der Waals surface area contributed by atoms with Crippen molar-refractivity contribution in [2.24, 2.45) is 0 Å². The van der Waals surface area contributed by atoms with E-state index >= 15 is 0 Å². The molecule has 0 radical (unpaired) electrons. The highest BCUT2D eigenvalue weighted by Crippen LogP contribution is 2.21. The molecular formula is C13H9F2NO4S. The monoisotopic (exact) mass is 313 g/mol. The molecule has 5 nitrogen and oxygen atoms in total. The number of rotatable bonds is 4. The molecule has 0 saturated heterocycles. The van der Waals surface area contributed by atoms with Crippen molar-refractivity contribution in [3.8, 4) is 0 Å². The molecule has 110 valence electrons. The third kappa shape index (κ3) is 3.34. The predicted molar refractivity (Wildman–Crippen MR) is 70.6 cm³/mol. The summed E-state index contributed by atoms with van der Waals surface area (Å²) in [6.07, 6.45) is 0. The topological polar surface area (TPSA) is 83.5 Å². The molecule has 0 aliphatic carbocycles. The zero-order valence-corrected chi connectivity index (χ0v) is 11.2.